The van der Waals surface area contributed by atoms with E-state index in [1.165, 1.54) is 5.56 Å². The van der Waals surface area contributed by atoms with Crippen molar-refractivity contribution in [1.29, 1.82) is 0 Å². The van der Waals surface area contributed by atoms with Gasteiger partial charge in [-0.15, -0.1) is 0 Å². The predicted molar refractivity (Wildman–Crippen MR) is 107 cm³/mol. The standard InChI is InChI=1S/C23H24N2O/c1-17(19-11-5-3-6-12-19)24-18(2)23(26)25-22-16-10-9-15-21(22)20-13-7-4-8-14-20/h3-18,24H,1-2H3,(H,25,26)/p+1/t17-,18-/m0/s1. The van der Waals surface area contributed by atoms with Crippen LogP contribution in [0.15, 0.2) is 84.9 Å². The molecule has 3 N–H and O–H groups in total. The van der Waals surface area contributed by atoms with Crippen LogP contribution in [0.5, 0.6) is 0 Å². The van der Waals surface area contributed by atoms with E-state index < -0.39 is 0 Å². The predicted octanol–water partition coefficient (Wildman–Crippen LogP) is 4.01. The van der Waals surface area contributed by atoms with Gasteiger partial charge in [0.1, 0.15) is 6.04 Å². The van der Waals surface area contributed by atoms with Gasteiger partial charge in [0.15, 0.2) is 6.04 Å². The third-order valence-corrected chi connectivity index (χ3v) is 4.59. The molecule has 0 spiro atoms. The Bertz CT molecular complexity index is 846. The van der Waals surface area contributed by atoms with Crippen molar-refractivity contribution in [3.05, 3.63) is 90.5 Å². The zero-order chi connectivity index (χ0) is 18.4. The Morgan fingerprint density at radius 3 is 2.08 bits per heavy atom. The minimum atomic E-state index is -0.186. The number of hydrogen-bond acceptors (Lipinski definition) is 1. The summed E-state index contributed by atoms with van der Waals surface area (Å²) in [5.41, 5.74) is 4.19. The number of quaternary nitrogens is 1. The van der Waals surface area contributed by atoms with Crippen LogP contribution in [-0.2, 0) is 4.79 Å². The van der Waals surface area contributed by atoms with Gasteiger partial charge in [0.25, 0.3) is 5.91 Å². The molecule has 132 valence electrons. The first-order valence-electron chi connectivity index (χ1n) is 9.00. The van der Waals surface area contributed by atoms with Gasteiger partial charge in [-0.2, -0.15) is 0 Å². The molecule has 0 aromatic heterocycles. The monoisotopic (exact) mass is 345 g/mol. The van der Waals surface area contributed by atoms with E-state index in [1.807, 2.05) is 67.6 Å². The summed E-state index contributed by atoms with van der Waals surface area (Å²) in [5, 5.41) is 5.19. The van der Waals surface area contributed by atoms with Crippen molar-refractivity contribution in [3.63, 3.8) is 0 Å². The molecule has 3 heteroatoms. The van der Waals surface area contributed by atoms with Gasteiger partial charge in [-0.25, -0.2) is 0 Å². The second-order valence-electron chi connectivity index (χ2n) is 6.58. The lowest BCUT2D eigenvalue weighted by Gasteiger charge is -2.18. The highest BCUT2D eigenvalue weighted by atomic mass is 16.2. The number of carbonyl (C=O) groups excluding carboxylic acids is 1. The number of anilines is 1. The Kier molecular flexibility index (Phi) is 5.82. The second-order valence-corrected chi connectivity index (χ2v) is 6.58. The van der Waals surface area contributed by atoms with Crippen molar-refractivity contribution in [2.75, 3.05) is 5.32 Å². The highest BCUT2D eigenvalue weighted by molar-refractivity contribution is 5.97. The van der Waals surface area contributed by atoms with E-state index in [-0.39, 0.29) is 18.0 Å². The molecule has 1 amide bonds. The number of rotatable bonds is 6. The van der Waals surface area contributed by atoms with Gasteiger partial charge in [-0.05, 0) is 25.5 Å². The third kappa shape index (κ3) is 4.38. The highest BCUT2D eigenvalue weighted by Crippen LogP contribution is 2.27. The summed E-state index contributed by atoms with van der Waals surface area (Å²) >= 11 is 0. The average Bonchev–Trinajstić information content (AvgIpc) is 2.69. The quantitative estimate of drug-likeness (QED) is 0.697. The van der Waals surface area contributed by atoms with Crippen LogP contribution in [0.4, 0.5) is 5.69 Å². The maximum absolute atomic E-state index is 12.7. The molecular weight excluding hydrogens is 320 g/mol. The molecule has 0 heterocycles. The van der Waals surface area contributed by atoms with Crippen molar-refractivity contribution in [1.82, 2.24) is 0 Å². The van der Waals surface area contributed by atoms with E-state index in [9.17, 15) is 4.79 Å². The summed E-state index contributed by atoms with van der Waals surface area (Å²) in [5.74, 6) is 0.0103. The van der Waals surface area contributed by atoms with Gasteiger partial charge in [-0.3, -0.25) is 4.79 Å². The summed E-state index contributed by atoms with van der Waals surface area (Å²) in [7, 11) is 0. The summed E-state index contributed by atoms with van der Waals surface area (Å²) < 4.78 is 0. The first kappa shape index (κ1) is 17.9. The molecule has 0 bridgehead atoms. The van der Waals surface area contributed by atoms with Gasteiger partial charge < -0.3 is 10.6 Å². The van der Waals surface area contributed by atoms with Crippen molar-refractivity contribution < 1.29 is 10.1 Å². The van der Waals surface area contributed by atoms with E-state index in [4.69, 9.17) is 0 Å². The molecule has 3 aromatic carbocycles. The van der Waals surface area contributed by atoms with Crippen molar-refractivity contribution in [2.24, 2.45) is 0 Å². The lowest BCUT2D eigenvalue weighted by Crippen LogP contribution is -2.91. The average molecular weight is 345 g/mol. The van der Waals surface area contributed by atoms with E-state index >= 15 is 0 Å². The van der Waals surface area contributed by atoms with E-state index in [0.29, 0.717) is 0 Å². The van der Waals surface area contributed by atoms with Crippen LogP contribution in [-0.4, -0.2) is 11.9 Å². The Hall–Kier alpha value is -2.91. The van der Waals surface area contributed by atoms with Crippen LogP contribution in [0.1, 0.15) is 25.5 Å². The number of benzene rings is 3. The fraction of sp³-hybridized carbons (Fsp3) is 0.174. The molecule has 0 fully saturated rings. The zero-order valence-corrected chi connectivity index (χ0v) is 15.2. The number of hydrogen-bond donors (Lipinski definition) is 2. The fourth-order valence-corrected chi connectivity index (χ4v) is 3.10. The topological polar surface area (TPSA) is 45.7 Å². The van der Waals surface area contributed by atoms with E-state index in [1.54, 1.807) is 0 Å². The third-order valence-electron chi connectivity index (χ3n) is 4.59. The first-order valence-corrected chi connectivity index (χ1v) is 9.00. The second kappa shape index (κ2) is 8.45. The van der Waals surface area contributed by atoms with Gasteiger partial charge >= 0.3 is 0 Å². The van der Waals surface area contributed by atoms with E-state index in [2.05, 4.69) is 41.8 Å². The van der Waals surface area contributed by atoms with Crippen LogP contribution in [0.25, 0.3) is 11.1 Å². The Balaban J connectivity index is 1.70. The first-order chi connectivity index (χ1) is 12.6. The zero-order valence-electron chi connectivity index (χ0n) is 15.2. The largest absolute Gasteiger partial charge is 0.330 e. The van der Waals surface area contributed by atoms with Crippen LogP contribution in [0.3, 0.4) is 0 Å². The van der Waals surface area contributed by atoms with Crippen molar-refractivity contribution in [3.8, 4) is 11.1 Å². The van der Waals surface area contributed by atoms with Crippen LogP contribution in [0.2, 0.25) is 0 Å². The molecule has 3 nitrogen and oxygen atoms in total. The smallest absolute Gasteiger partial charge is 0.282 e. The number of nitrogens with one attached hydrogen (secondary N) is 1. The van der Waals surface area contributed by atoms with Crippen molar-refractivity contribution in [2.45, 2.75) is 25.9 Å². The molecular formula is C23H25N2O+. The normalized spacial score (nSPS) is 13.0. The fourth-order valence-electron chi connectivity index (χ4n) is 3.10. The molecule has 0 saturated heterocycles. The Morgan fingerprint density at radius 2 is 1.38 bits per heavy atom. The summed E-state index contributed by atoms with van der Waals surface area (Å²) in [6.07, 6.45) is 0. The molecule has 0 aliphatic heterocycles. The molecule has 0 radical (unpaired) electrons. The molecule has 2 atom stereocenters. The minimum absolute atomic E-state index is 0.0103. The number of carbonyl (C=O) groups is 1. The van der Waals surface area contributed by atoms with Crippen LogP contribution < -0.4 is 10.6 Å². The van der Waals surface area contributed by atoms with E-state index in [0.717, 1.165) is 16.8 Å². The molecule has 3 rings (SSSR count). The lowest BCUT2D eigenvalue weighted by molar-refractivity contribution is -0.709. The highest BCUT2D eigenvalue weighted by Gasteiger charge is 2.21. The molecule has 0 saturated carbocycles. The van der Waals surface area contributed by atoms with Gasteiger partial charge in [0.05, 0.1) is 0 Å². The van der Waals surface area contributed by atoms with Crippen LogP contribution >= 0.6 is 0 Å². The maximum atomic E-state index is 12.7. The molecule has 3 aromatic rings. The molecule has 0 aliphatic rings. The number of nitrogens with two attached hydrogens (primary N) is 1. The minimum Gasteiger partial charge on any atom is -0.330 e. The van der Waals surface area contributed by atoms with Gasteiger partial charge in [-0.1, -0.05) is 78.9 Å². The van der Waals surface area contributed by atoms with Gasteiger partial charge in [0, 0.05) is 16.8 Å². The Morgan fingerprint density at radius 1 is 0.808 bits per heavy atom. The van der Waals surface area contributed by atoms with Crippen LogP contribution in [0, 0.1) is 0 Å². The molecule has 26 heavy (non-hydrogen) atoms. The summed E-state index contributed by atoms with van der Waals surface area (Å²) in [4.78, 5) is 12.7. The lowest BCUT2D eigenvalue weighted by atomic mass is 10.0. The van der Waals surface area contributed by atoms with Crippen molar-refractivity contribution >= 4 is 11.6 Å². The number of para-hydroxylation sites is 1. The summed E-state index contributed by atoms with van der Waals surface area (Å²) in [6, 6.07) is 28.3. The molecule has 0 unspecified atom stereocenters. The number of amides is 1. The van der Waals surface area contributed by atoms with Gasteiger partial charge in [0.2, 0.25) is 0 Å². The SMILES string of the molecule is C[C@H]([NH2+][C@@H](C)c1ccccc1)C(=O)Nc1ccccc1-c1ccccc1. The maximum Gasteiger partial charge on any atom is 0.282 e. The Labute approximate surface area is 155 Å². The summed E-state index contributed by atoms with van der Waals surface area (Å²) in [6.45, 7) is 4.07. The molecule has 0 aliphatic carbocycles.